The Hall–Kier alpha value is -2.17. The van der Waals surface area contributed by atoms with Crippen molar-refractivity contribution in [2.75, 3.05) is 0 Å². The van der Waals surface area contributed by atoms with Gasteiger partial charge in [0.1, 0.15) is 5.52 Å². The fourth-order valence-electron chi connectivity index (χ4n) is 1.59. The molecule has 5 heteroatoms. The number of aromatic nitrogens is 3. The molecule has 0 saturated carbocycles. The fourth-order valence-corrected chi connectivity index (χ4v) is 1.59. The van der Waals surface area contributed by atoms with Crippen LogP contribution in [-0.4, -0.2) is 26.1 Å². The molecule has 1 aromatic carbocycles. The van der Waals surface area contributed by atoms with Crippen LogP contribution in [0, 0.1) is 6.92 Å². The highest BCUT2D eigenvalue weighted by Gasteiger charge is 2.06. The topological polar surface area (TPSA) is 68.0 Å². The number of benzene rings is 1. The number of carbonyl (C=O) groups is 1. The molecule has 0 atom stereocenters. The van der Waals surface area contributed by atoms with E-state index in [-0.39, 0.29) is 0 Å². The highest BCUT2D eigenvalue weighted by molar-refractivity contribution is 5.88. The first-order valence-electron chi connectivity index (χ1n) is 4.79. The van der Waals surface area contributed by atoms with E-state index in [0.717, 1.165) is 28.2 Å². The number of carboxylic acids is 1. The van der Waals surface area contributed by atoms with E-state index >= 15 is 0 Å². The van der Waals surface area contributed by atoms with Crippen molar-refractivity contribution in [3.05, 3.63) is 29.3 Å². The third-order valence-electron chi connectivity index (χ3n) is 2.48. The number of rotatable bonds is 2. The minimum Gasteiger partial charge on any atom is -0.478 e. The molecule has 5 nitrogen and oxygen atoms in total. The van der Waals surface area contributed by atoms with Gasteiger partial charge in [0.2, 0.25) is 0 Å². The molecule has 16 heavy (non-hydrogen) atoms. The van der Waals surface area contributed by atoms with Crippen molar-refractivity contribution >= 4 is 23.1 Å². The number of aliphatic carboxylic acids is 1. The van der Waals surface area contributed by atoms with Crippen LogP contribution in [0.15, 0.2) is 18.2 Å². The molecule has 0 radical (unpaired) electrons. The van der Waals surface area contributed by atoms with Crippen molar-refractivity contribution in [1.29, 1.82) is 0 Å². The zero-order valence-electron chi connectivity index (χ0n) is 9.01. The van der Waals surface area contributed by atoms with Crippen molar-refractivity contribution in [2.24, 2.45) is 7.05 Å². The van der Waals surface area contributed by atoms with E-state index in [1.807, 2.05) is 26.1 Å². The summed E-state index contributed by atoms with van der Waals surface area (Å²) in [7, 11) is 1.82. The van der Waals surface area contributed by atoms with Crippen LogP contribution in [0.25, 0.3) is 17.1 Å². The maximum absolute atomic E-state index is 10.4. The first kappa shape index (κ1) is 10.4. The Morgan fingerprint density at radius 2 is 2.25 bits per heavy atom. The summed E-state index contributed by atoms with van der Waals surface area (Å²) in [6, 6.07) is 3.74. The van der Waals surface area contributed by atoms with E-state index in [1.165, 1.54) is 0 Å². The first-order chi connectivity index (χ1) is 7.59. The van der Waals surface area contributed by atoms with Gasteiger partial charge in [0, 0.05) is 13.1 Å². The summed E-state index contributed by atoms with van der Waals surface area (Å²) in [5.74, 6) is -0.960. The maximum Gasteiger partial charge on any atom is 0.328 e. The van der Waals surface area contributed by atoms with Crippen LogP contribution in [0.2, 0.25) is 0 Å². The molecule has 2 aromatic rings. The van der Waals surface area contributed by atoms with E-state index in [4.69, 9.17) is 5.11 Å². The van der Waals surface area contributed by atoms with Crippen molar-refractivity contribution in [3.63, 3.8) is 0 Å². The van der Waals surface area contributed by atoms with Gasteiger partial charge in [0.25, 0.3) is 0 Å². The molecule has 0 spiro atoms. The lowest BCUT2D eigenvalue weighted by atomic mass is 10.1. The molecule has 0 aliphatic carbocycles. The summed E-state index contributed by atoms with van der Waals surface area (Å²) in [6.45, 7) is 1.90. The SMILES string of the molecule is Cc1c(C=CC(=O)O)ccc2c1nnn2C. The average molecular weight is 217 g/mol. The van der Waals surface area contributed by atoms with Gasteiger partial charge >= 0.3 is 5.97 Å². The fraction of sp³-hybridized carbons (Fsp3) is 0.182. The van der Waals surface area contributed by atoms with Gasteiger partial charge in [-0.3, -0.25) is 0 Å². The molecule has 1 N–H and O–H groups in total. The van der Waals surface area contributed by atoms with Crippen LogP contribution in [0.4, 0.5) is 0 Å². The lowest BCUT2D eigenvalue weighted by Gasteiger charge is -2.00. The van der Waals surface area contributed by atoms with Crippen molar-refractivity contribution < 1.29 is 9.90 Å². The van der Waals surface area contributed by atoms with Gasteiger partial charge < -0.3 is 5.11 Å². The van der Waals surface area contributed by atoms with E-state index in [9.17, 15) is 4.79 Å². The van der Waals surface area contributed by atoms with Gasteiger partial charge in [0.15, 0.2) is 0 Å². The zero-order valence-corrected chi connectivity index (χ0v) is 9.01. The van der Waals surface area contributed by atoms with Gasteiger partial charge in [-0.1, -0.05) is 11.3 Å². The molecule has 0 bridgehead atoms. The summed E-state index contributed by atoms with van der Waals surface area (Å²) in [5.41, 5.74) is 3.51. The van der Waals surface area contributed by atoms with Crippen molar-refractivity contribution in [1.82, 2.24) is 15.0 Å². The first-order valence-corrected chi connectivity index (χ1v) is 4.79. The molecule has 1 aromatic heterocycles. The van der Waals surface area contributed by atoms with Crippen LogP contribution in [0.5, 0.6) is 0 Å². The lowest BCUT2D eigenvalue weighted by Crippen LogP contribution is -1.90. The molecular weight excluding hydrogens is 206 g/mol. The Morgan fingerprint density at radius 3 is 2.94 bits per heavy atom. The zero-order chi connectivity index (χ0) is 11.7. The van der Waals surface area contributed by atoms with E-state index in [0.29, 0.717) is 0 Å². The summed E-state index contributed by atoms with van der Waals surface area (Å²) in [6.07, 6.45) is 2.68. The predicted molar refractivity (Wildman–Crippen MR) is 59.9 cm³/mol. The molecule has 0 aliphatic heterocycles. The Morgan fingerprint density at radius 1 is 1.50 bits per heavy atom. The van der Waals surface area contributed by atoms with E-state index in [2.05, 4.69) is 10.3 Å². The molecule has 1 heterocycles. The Bertz CT molecular complexity index is 584. The molecule has 2 rings (SSSR count). The van der Waals surface area contributed by atoms with E-state index in [1.54, 1.807) is 10.8 Å². The van der Waals surface area contributed by atoms with Gasteiger partial charge in [-0.05, 0) is 30.2 Å². The minimum atomic E-state index is -0.960. The lowest BCUT2D eigenvalue weighted by molar-refractivity contribution is -0.131. The third kappa shape index (κ3) is 1.67. The molecule has 82 valence electrons. The Labute approximate surface area is 92.0 Å². The summed E-state index contributed by atoms with van der Waals surface area (Å²) in [4.78, 5) is 10.4. The second-order valence-electron chi connectivity index (χ2n) is 3.53. The maximum atomic E-state index is 10.4. The van der Waals surface area contributed by atoms with Crippen LogP contribution >= 0.6 is 0 Å². The second kappa shape index (κ2) is 3.77. The minimum absolute atomic E-state index is 0.801. The number of fused-ring (bicyclic) bond motifs is 1. The second-order valence-corrected chi connectivity index (χ2v) is 3.53. The number of nitrogens with zero attached hydrogens (tertiary/aromatic N) is 3. The number of hydrogen-bond donors (Lipinski definition) is 1. The number of carboxylic acid groups (broad SMARTS) is 1. The monoisotopic (exact) mass is 217 g/mol. The largest absolute Gasteiger partial charge is 0.478 e. The quantitative estimate of drug-likeness (QED) is 0.771. The van der Waals surface area contributed by atoms with Gasteiger partial charge in [0.05, 0.1) is 5.52 Å². The molecule has 0 amide bonds. The van der Waals surface area contributed by atoms with E-state index < -0.39 is 5.97 Å². The predicted octanol–water partition coefficient (Wildman–Crippen LogP) is 1.37. The summed E-state index contributed by atoms with van der Waals surface area (Å²) in [5, 5.41) is 16.5. The highest BCUT2D eigenvalue weighted by Crippen LogP contribution is 2.19. The molecule has 0 saturated heterocycles. The number of aryl methyl sites for hydroxylation is 2. The Kier molecular flexibility index (Phi) is 2.44. The normalized spacial score (nSPS) is 11.4. The van der Waals surface area contributed by atoms with Gasteiger partial charge in [-0.25, -0.2) is 9.48 Å². The highest BCUT2D eigenvalue weighted by atomic mass is 16.4. The van der Waals surface area contributed by atoms with Gasteiger partial charge in [-0.2, -0.15) is 0 Å². The molecule has 0 aliphatic rings. The summed E-state index contributed by atoms with van der Waals surface area (Å²) < 4.78 is 1.69. The van der Waals surface area contributed by atoms with Crippen LogP contribution < -0.4 is 0 Å². The molecule has 0 unspecified atom stereocenters. The van der Waals surface area contributed by atoms with Crippen LogP contribution in [0.3, 0.4) is 0 Å². The smallest absolute Gasteiger partial charge is 0.328 e. The summed E-state index contributed by atoms with van der Waals surface area (Å²) >= 11 is 0. The van der Waals surface area contributed by atoms with Crippen molar-refractivity contribution in [2.45, 2.75) is 6.92 Å². The Balaban J connectivity index is 2.57. The van der Waals surface area contributed by atoms with Gasteiger partial charge in [-0.15, -0.1) is 5.10 Å². The van der Waals surface area contributed by atoms with Crippen molar-refractivity contribution in [3.8, 4) is 0 Å². The molecule has 0 fully saturated rings. The average Bonchev–Trinajstić information content (AvgIpc) is 2.60. The molecular formula is C11H11N3O2. The van der Waals surface area contributed by atoms with Crippen LogP contribution in [-0.2, 0) is 11.8 Å². The standard InChI is InChI=1S/C11H11N3O2/c1-7-8(4-6-10(15)16)3-5-9-11(7)12-13-14(9)2/h3-6H,1-2H3,(H,15,16). The third-order valence-corrected chi connectivity index (χ3v) is 2.48. The number of hydrogen-bond acceptors (Lipinski definition) is 3. The van der Waals surface area contributed by atoms with Crippen LogP contribution in [0.1, 0.15) is 11.1 Å².